The lowest BCUT2D eigenvalue weighted by atomic mass is 9.77. The topological polar surface area (TPSA) is 75.0 Å². The number of Topliss-reactive ketones (excluding diaryl/α,β-unsaturated/α-hetero) is 1. The first-order valence-electron chi connectivity index (χ1n) is 9.42. The minimum absolute atomic E-state index is 0.0235. The molecular weight excluding hydrogens is 427 g/mol. The van der Waals surface area contributed by atoms with Gasteiger partial charge in [-0.15, -0.1) is 0 Å². The van der Waals surface area contributed by atoms with Gasteiger partial charge in [-0.1, -0.05) is 18.3 Å². The normalized spacial score (nSPS) is 22.2. The SMILES string of the molecule is CC1(C)OCC(=S)N[C@](C)(c2cc(CC(=O)c3ccc(C#N)cn3)ccc2F)C1(F)F. The van der Waals surface area contributed by atoms with E-state index in [0.717, 1.165) is 6.07 Å². The third-order valence-electron chi connectivity index (χ3n) is 5.45. The Morgan fingerprint density at radius 2 is 2.00 bits per heavy atom. The lowest BCUT2D eigenvalue weighted by molar-refractivity contribution is -0.216. The molecule has 0 spiro atoms. The van der Waals surface area contributed by atoms with Crippen LogP contribution in [0.3, 0.4) is 0 Å². The first kappa shape index (κ1) is 22.8. The molecule has 1 aromatic heterocycles. The smallest absolute Gasteiger partial charge is 0.302 e. The highest BCUT2D eigenvalue weighted by molar-refractivity contribution is 7.80. The van der Waals surface area contributed by atoms with Crippen molar-refractivity contribution in [1.29, 1.82) is 5.26 Å². The van der Waals surface area contributed by atoms with Crippen LogP contribution in [0, 0.1) is 17.1 Å². The fourth-order valence-electron chi connectivity index (χ4n) is 3.54. The van der Waals surface area contributed by atoms with Crippen molar-refractivity contribution in [2.75, 3.05) is 6.61 Å². The van der Waals surface area contributed by atoms with E-state index < -0.39 is 28.7 Å². The Kier molecular flexibility index (Phi) is 5.91. The number of benzene rings is 1. The molecule has 0 radical (unpaired) electrons. The third kappa shape index (κ3) is 4.05. The van der Waals surface area contributed by atoms with Gasteiger partial charge in [0.25, 0.3) is 0 Å². The summed E-state index contributed by atoms with van der Waals surface area (Å²) in [4.78, 5) is 16.5. The van der Waals surface area contributed by atoms with Gasteiger partial charge >= 0.3 is 5.92 Å². The summed E-state index contributed by atoms with van der Waals surface area (Å²) in [6.45, 7) is 3.39. The van der Waals surface area contributed by atoms with Gasteiger partial charge in [-0.25, -0.2) is 13.2 Å². The predicted octanol–water partition coefficient (Wildman–Crippen LogP) is 4.09. The van der Waals surface area contributed by atoms with Crippen molar-refractivity contribution in [3.05, 3.63) is 64.7 Å². The molecule has 3 rings (SSSR count). The van der Waals surface area contributed by atoms with Crippen LogP contribution in [0.25, 0.3) is 0 Å². The molecule has 1 saturated heterocycles. The largest absolute Gasteiger partial charge is 0.363 e. The first-order chi connectivity index (χ1) is 14.4. The standard InChI is InChI=1S/C22H20F3N3O2S/c1-20(2)22(24,25)21(3,28-19(31)12-30-20)15-8-13(4-6-16(15)23)9-18(29)17-7-5-14(10-26)11-27-17/h4-8,11H,9,12H2,1-3H3,(H,28,31)/t21-/m1/s1. The number of nitriles is 1. The summed E-state index contributed by atoms with van der Waals surface area (Å²) < 4.78 is 51.2. The number of carbonyl (C=O) groups excluding carboxylic acids is 1. The van der Waals surface area contributed by atoms with Gasteiger partial charge in [-0.05, 0) is 50.6 Å². The minimum atomic E-state index is -3.56. The van der Waals surface area contributed by atoms with Crippen LogP contribution in [0.5, 0.6) is 0 Å². The number of ether oxygens (including phenoxy) is 1. The first-order valence-corrected chi connectivity index (χ1v) is 9.83. The number of thiocarbonyl (C=S) groups is 1. The number of nitrogens with one attached hydrogen (secondary N) is 1. The lowest BCUT2D eigenvalue weighted by Crippen LogP contribution is -2.62. The second-order valence-electron chi connectivity index (χ2n) is 8.00. The number of hydrogen-bond donors (Lipinski definition) is 1. The number of rotatable bonds is 4. The summed E-state index contributed by atoms with van der Waals surface area (Å²) in [6.07, 6.45) is 1.08. The fraction of sp³-hybridized carbons (Fsp3) is 0.364. The average Bonchev–Trinajstić information content (AvgIpc) is 2.78. The molecule has 162 valence electrons. The minimum Gasteiger partial charge on any atom is -0.363 e. The summed E-state index contributed by atoms with van der Waals surface area (Å²) in [7, 11) is 0. The molecule has 1 aromatic carbocycles. The van der Waals surface area contributed by atoms with Gasteiger partial charge in [-0.2, -0.15) is 5.26 Å². The maximum absolute atomic E-state index is 15.5. The molecular formula is C22H20F3N3O2S. The number of nitrogens with zero attached hydrogens (tertiary/aromatic N) is 2. The Balaban J connectivity index is 2.00. The van der Waals surface area contributed by atoms with Crippen LogP contribution in [0.4, 0.5) is 13.2 Å². The second-order valence-corrected chi connectivity index (χ2v) is 8.50. The summed E-state index contributed by atoms with van der Waals surface area (Å²) >= 11 is 5.10. The Hall–Kier alpha value is -2.83. The quantitative estimate of drug-likeness (QED) is 0.562. The summed E-state index contributed by atoms with van der Waals surface area (Å²) in [5.41, 5.74) is -3.71. The van der Waals surface area contributed by atoms with Gasteiger partial charge in [-0.3, -0.25) is 9.78 Å². The number of hydrogen-bond acceptors (Lipinski definition) is 5. The van der Waals surface area contributed by atoms with Crippen molar-refractivity contribution in [3.63, 3.8) is 0 Å². The predicted molar refractivity (Wildman–Crippen MR) is 111 cm³/mol. The number of alkyl halides is 2. The molecule has 0 aliphatic carbocycles. The van der Waals surface area contributed by atoms with Crippen molar-refractivity contribution >= 4 is 23.0 Å². The molecule has 1 N–H and O–H groups in total. The fourth-order valence-corrected chi connectivity index (χ4v) is 3.80. The summed E-state index contributed by atoms with van der Waals surface area (Å²) in [6, 6.07) is 8.42. The van der Waals surface area contributed by atoms with Gasteiger partial charge < -0.3 is 10.1 Å². The van der Waals surface area contributed by atoms with E-state index in [4.69, 9.17) is 22.2 Å². The number of aromatic nitrogens is 1. The Morgan fingerprint density at radius 3 is 2.61 bits per heavy atom. The molecule has 9 heteroatoms. The van der Waals surface area contributed by atoms with E-state index in [9.17, 15) is 9.18 Å². The lowest BCUT2D eigenvalue weighted by Gasteiger charge is -2.44. The number of pyridine rings is 1. The van der Waals surface area contributed by atoms with Crippen LogP contribution in [-0.2, 0) is 16.7 Å². The average molecular weight is 447 g/mol. The molecule has 1 aliphatic rings. The van der Waals surface area contributed by atoms with Gasteiger partial charge in [0.15, 0.2) is 5.78 Å². The van der Waals surface area contributed by atoms with E-state index in [2.05, 4.69) is 10.3 Å². The molecule has 0 saturated carbocycles. The van der Waals surface area contributed by atoms with E-state index in [1.807, 2.05) is 6.07 Å². The van der Waals surface area contributed by atoms with Crippen molar-refractivity contribution in [2.45, 2.75) is 44.3 Å². The van der Waals surface area contributed by atoms with Crippen LogP contribution in [-0.4, -0.2) is 33.9 Å². The molecule has 0 bridgehead atoms. The zero-order valence-corrected chi connectivity index (χ0v) is 17.9. The van der Waals surface area contributed by atoms with Crippen LogP contribution in [0.2, 0.25) is 0 Å². The van der Waals surface area contributed by atoms with E-state index in [1.54, 1.807) is 0 Å². The summed E-state index contributed by atoms with van der Waals surface area (Å²) in [5, 5.41) is 11.4. The van der Waals surface area contributed by atoms with Crippen molar-refractivity contribution < 1.29 is 22.7 Å². The van der Waals surface area contributed by atoms with Crippen molar-refractivity contribution in [2.24, 2.45) is 0 Å². The highest BCUT2D eigenvalue weighted by Crippen LogP contribution is 2.48. The maximum atomic E-state index is 15.5. The number of carbonyl (C=O) groups is 1. The second kappa shape index (κ2) is 8.02. The monoisotopic (exact) mass is 447 g/mol. The van der Waals surface area contributed by atoms with Gasteiger partial charge in [0.1, 0.15) is 33.7 Å². The Bertz CT molecular complexity index is 1080. The highest BCUT2D eigenvalue weighted by Gasteiger charge is 2.64. The van der Waals surface area contributed by atoms with E-state index >= 15 is 8.78 Å². The molecule has 1 fully saturated rings. The van der Waals surface area contributed by atoms with Gasteiger partial charge in [0, 0.05) is 18.2 Å². The molecule has 1 aliphatic heterocycles. The molecule has 1 atom stereocenters. The number of halogens is 3. The van der Waals surface area contributed by atoms with Crippen LogP contribution >= 0.6 is 12.2 Å². The zero-order chi connectivity index (χ0) is 23.0. The van der Waals surface area contributed by atoms with Crippen LogP contribution in [0.15, 0.2) is 36.5 Å². The Labute approximate surface area is 183 Å². The van der Waals surface area contributed by atoms with Gasteiger partial charge in [0.05, 0.1) is 12.2 Å². The van der Waals surface area contributed by atoms with E-state index in [0.29, 0.717) is 11.1 Å². The van der Waals surface area contributed by atoms with Crippen LogP contribution in [0.1, 0.15) is 48.0 Å². The van der Waals surface area contributed by atoms with Crippen molar-refractivity contribution in [3.8, 4) is 6.07 Å². The molecule has 2 heterocycles. The molecule has 31 heavy (non-hydrogen) atoms. The van der Waals surface area contributed by atoms with Gasteiger partial charge in [0.2, 0.25) is 0 Å². The number of ketones is 1. The zero-order valence-electron chi connectivity index (χ0n) is 17.1. The molecule has 2 aromatic rings. The van der Waals surface area contributed by atoms with Crippen LogP contribution < -0.4 is 5.32 Å². The highest BCUT2D eigenvalue weighted by atomic mass is 32.1. The molecule has 5 nitrogen and oxygen atoms in total. The van der Waals surface area contributed by atoms with E-state index in [-0.39, 0.29) is 29.3 Å². The third-order valence-corrected chi connectivity index (χ3v) is 5.67. The maximum Gasteiger partial charge on any atom is 0.302 e. The van der Waals surface area contributed by atoms with E-state index in [1.165, 1.54) is 51.2 Å². The molecule has 0 unspecified atom stereocenters. The summed E-state index contributed by atoms with van der Waals surface area (Å²) in [5.74, 6) is -4.81. The van der Waals surface area contributed by atoms with Crippen molar-refractivity contribution in [1.82, 2.24) is 10.3 Å². The Morgan fingerprint density at radius 1 is 1.29 bits per heavy atom. The molecule has 0 amide bonds.